The first-order valence-corrected chi connectivity index (χ1v) is 7.11. The summed E-state index contributed by atoms with van der Waals surface area (Å²) in [6.07, 6.45) is 2.07. The van der Waals surface area contributed by atoms with Crippen molar-refractivity contribution in [2.45, 2.75) is 27.2 Å². The summed E-state index contributed by atoms with van der Waals surface area (Å²) in [5.41, 5.74) is 0.287. The van der Waals surface area contributed by atoms with Crippen LogP contribution < -0.4 is 5.32 Å². The van der Waals surface area contributed by atoms with Gasteiger partial charge in [-0.2, -0.15) is 0 Å². The number of pyridine rings is 1. The zero-order valence-corrected chi connectivity index (χ0v) is 13.4. The fourth-order valence-corrected chi connectivity index (χ4v) is 2.28. The highest BCUT2D eigenvalue weighted by Crippen LogP contribution is 2.24. The van der Waals surface area contributed by atoms with E-state index in [1.807, 2.05) is 20.8 Å². The third kappa shape index (κ3) is 5.28. The van der Waals surface area contributed by atoms with Crippen molar-refractivity contribution < 1.29 is 14.7 Å². The van der Waals surface area contributed by atoms with E-state index in [-0.39, 0.29) is 17.9 Å². The second-order valence-corrected chi connectivity index (χ2v) is 6.60. The summed E-state index contributed by atoms with van der Waals surface area (Å²) < 4.78 is 0.445. The number of carbonyl (C=O) groups excluding carboxylic acids is 1. The number of carboxylic acids is 1. The van der Waals surface area contributed by atoms with E-state index in [1.54, 1.807) is 18.3 Å². The van der Waals surface area contributed by atoms with Gasteiger partial charge in [-0.3, -0.25) is 9.59 Å². The predicted molar refractivity (Wildman–Crippen MR) is 79.5 cm³/mol. The lowest BCUT2D eigenvalue weighted by atomic mass is 9.84. The quantitative estimate of drug-likeness (QED) is 0.806. The second kappa shape index (κ2) is 6.83. The molecule has 1 unspecified atom stereocenters. The zero-order valence-electron chi connectivity index (χ0n) is 11.8. The fourth-order valence-electron chi connectivity index (χ4n) is 1.85. The molecule has 0 aliphatic heterocycles. The molecule has 0 saturated carbocycles. The standard InChI is InChI=1S/C14H19BrN2O3/c1-14(2,3)7-9(13(19)20)8-17-12(18)10-5-4-6-16-11(10)15/h4-6,9H,7-8H2,1-3H3,(H,17,18)(H,19,20). The van der Waals surface area contributed by atoms with Gasteiger partial charge in [0.25, 0.3) is 5.91 Å². The molecule has 0 aliphatic rings. The molecule has 1 aromatic heterocycles. The van der Waals surface area contributed by atoms with Crippen molar-refractivity contribution in [3.05, 3.63) is 28.5 Å². The Labute approximate surface area is 126 Å². The molecule has 5 nitrogen and oxygen atoms in total. The van der Waals surface area contributed by atoms with Crippen molar-refractivity contribution in [3.8, 4) is 0 Å². The van der Waals surface area contributed by atoms with E-state index in [1.165, 1.54) is 0 Å². The van der Waals surface area contributed by atoms with Crippen LogP contribution in [0.1, 0.15) is 37.6 Å². The summed E-state index contributed by atoms with van der Waals surface area (Å²) in [5, 5.41) is 11.9. The van der Waals surface area contributed by atoms with Crippen LogP contribution in [0.25, 0.3) is 0 Å². The molecular weight excluding hydrogens is 324 g/mol. The summed E-state index contributed by atoms with van der Waals surface area (Å²) in [7, 11) is 0. The van der Waals surface area contributed by atoms with Crippen LogP contribution in [0.2, 0.25) is 0 Å². The Balaban J connectivity index is 2.67. The van der Waals surface area contributed by atoms with E-state index in [0.717, 1.165) is 0 Å². The Morgan fingerprint density at radius 1 is 1.45 bits per heavy atom. The van der Waals surface area contributed by atoms with Crippen LogP contribution in [0.15, 0.2) is 22.9 Å². The smallest absolute Gasteiger partial charge is 0.308 e. The van der Waals surface area contributed by atoms with Crippen LogP contribution >= 0.6 is 15.9 Å². The van der Waals surface area contributed by atoms with Crippen molar-refractivity contribution in [3.63, 3.8) is 0 Å². The monoisotopic (exact) mass is 342 g/mol. The second-order valence-electron chi connectivity index (χ2n) is 5.85. The highest BCUT2D eigenvalue weighted by molar-refractivity contribution is 9.10. The minimum Gasteiger partial charge on any atom is -0.481 e. The van der Waals surface area contributed by atoms with E-state index in [2.05, 4.69) is 26.2 Å². The van der Waals surface area contributed by atoms with Crippen molar-refractivity contribution in [2.75, 3.05) is 6.54 Å². The van der Waals surface area contributed by atoms with Gasteiger partial charge in [0, 0.05) is 12.7 Å². The molecule has 1 rings (SSSR count). The van der Waals surface area contributed by atoms with Gasteiger partial charge in [-0.05, 0) is 39.9 Å². The third-order valence-corrected chi connectivity index (χ3v) is 3.35. The number of aliphatic carboxylic acids is 1. The lowest BCUT2D eigenvalue weighted by Crippen LogP contribution is -2.35. The number of hydrogen-bond donors (Lipinski definition) is 2. The molecule has 1 aromatic rings. The van der Waals surface area contributed by atoms with Crippen LogP contribution in [-0.2, 0) is 4.79 Å². The molecule has 110 valence electrons. The summed E-state index contributed by atoms with van der Waals surface area (Å²) in [4.78, 5) is 27.2. The summed E-state index contributed by atoms with van der Waals surface area (Å²) >= 11 is 3.19. The summed E-state index contributed by atoms with van der Waals surface area (Å²) in [5.74, 6) is -1.83. The molecule has 0 aliphatic carbocycles. The first-order valence-electron chi connectivity index (χ1n) is 6.32. The highest BCUT2D eigenvalue weighted by atomic mass is 79.9. The van der Waals surface area contributed by atoms with Crippen LogP contribution in [0.5, 0.6) is 0 Å². The Hall–Kier alpha value is -1.43. The van der Waals surface area contributed by atoms with Gasteiger partial charge in [0.15, 0.2) is 0 Å². The largest absolute Gasteiger partial charge is 0.481 e. The van der Waals surface area contributed by atoms with Crippen molar-refractivity contribution in [2.24, 2.45) is 11.3 Å². The molecule has 0 saturated heterocycles. The summed E-state index contributed by atoms with van der Waals surface area (Å²) in [6, 6.07) is 3.29. The number of nitrogens with one attached hydrogen (secondary N) is 1. The molecule has 0 aromatic carbocycles. The Morgan fingerprint density at radius 2 is 2.10 bits per heavy atom. The number of carbonyl (C=O) groups is 2. The topological polar surface area (TPSA) is 79.3 Å². The Morgan fingerprint density at radius 3 is 2.60 bits per heavy atom. The first kappa shape index (κ1) is 16.6. The number of carboxylic acid groups (broad SMARTS) is 1. The van der Waals surface area contributed by atoms with Gasteiger partial charge in [0.05, 0.1) is 11.5 Å². The molecular formula is C14H19BrN2O3. The number of halogens is 1. The van der Waals surface area contributed by atoms with Gasteiger partial charge >= 0.3 is 5.97 Å². The number of amides is 1. The predicted octanol–water partition coefficient (Wildman–Crippen LogP) is 2.71. The average Bonchev–Trinajstić information content (AvgIpc) is 2.33. The molecule has 1 amide bonds. The van der Waals surface area contributed by atoms with Crippen LogP contribution in [0.3, 0.4) is 0 Å². The van der Waals surface area contributed by atoms with Crippen molar-refractivity contribution >= 4 is 27.8 Å². The average molecular weight is 343 g/mol. The molecule has 1 heterocycles. The van der Waals surface area contributed by atoms with Crippen molar-refractivity contribution in [1.29, 1.82) is 0 Å². The molecule has 20 heavy (non-hydrogen) atoms. The molecule has 2 N–H and O–H groups in total. The zero-order chi connectivity index (χ0) is 15.3. The maximum Gasteiger partial charge on any atom is 0.308 e. The highest BCUT2D eigenvalue weighted by Gasteiger charge is 2.25. The first-order chi connectivity index (χ1) is 9.20. The molecule has 0 spiro atoms. The van der Waals surface area contributed by atoms with Gasteiger partial charge < -0.3 is 10.4 Å². The van der Waals surface area contributed by atoms with E-state index in [4.69, 9.17) is 0 Å². The SMILES string of the molecule is CC(C)(C)CC(CNC(=O)c1cccnc1Br)C(=O)O. The van der Waals surface area contributed by atoms with E-state index in [9.17, 15) is 14.7 Å². The van der Waals surface area contributed by atoms with Gasteiger partial charge in [0.1, 0.15) is 4.60 Å². The Kier molecular flexibility index (Phi) is 5.68. The minimum absolute atomic E-state index is 0.104. The maximum atomic E-state index is 12.0. The molecule has 0 radical (unpaired) electrons. The summed E-state index contributed by atoms with van der Waals surface area (Å²) in [6.45, 7) is 6.03. The van der Waals surface area contributed by atoms with Crippen LogP contribution in [0, 0.1) is 11.3 Å². The number of nitrogens with zero attached hydrogens (tertiary/aromatic N) is 1. The number of rotatable bonds is 5. The number of aromatic nitrogens is 1. The van der Waals surface area contributed by atoms with E-state index >= 15 is 0 Å². The van der Waals surface area contributed by atoms with Gasteiger partial charge in [-0.15, -0.1) is 0 Å². The normalized spacial score (nSPS) is 12.8. The molecule has 6 heteroatoms. The maximum absolute atomic E-state index is 12.0. The van der Waals surface area contributed by atoms with Gasteiger partial charge in [-0.1, -0.05) is 20.8 Å². The third-order valence-electron chi connectivity index (χ3n) is 2.72. The fraction of sp³-hybridized carbons (Fsp3) is 0.500. The lowest BCUT2D eigenvalue weighted by Gasteiger charge is -2.23. The molecule has 0 fully saturated rings. The van der Waals surface area contributed by atoms with Crippen LogP contribution in [0.4, 0.5) is 0 Å². The van der Waals surface area contributed by atoms with Gasteiger partial charge in [0.2, 0.25) is 0 Å². The minimum atomic E-state index is -0.898. The Bertz CT molecular complexity index is 497. The number of hydrogen-bond acceptors (Lipinski definition) is 3. The van der Waals surface area contributed by atoms with Crippen molar-refractivity contribution in [1.82, 2.24) is 10.3 Å². The van der Waals surface area contributed by atoms with E-state index in [0.29, 0.717) is 16.6 Å². The molecule has 0 bridgehead atoms. The van der Waals surface area contributed by atoms with E-state index < -0.39 is 11.9 Å². The molecule has 1 atom stereocenters. The van der Waals surface area contributed by atoms with Crippen LogP contribution in [-0.4, -0.2) is 28.5 Å². The lowest BCUT2D eigenvalue weighted by molar-refractivity contribution is -0.142. The van der Waals surface area contributed by atoms with Gasteiger partial charge in [-0.25, -0.2) is 4.98 Å².